The molecule has 2 rings (SSSR count). The molecule has 0 fully saturated rings. The Hall–Kier alpha value is -1.26. The average molecular weight is 354 g/mol. The lowest BCUT2D eigenvalue weighted by Crippen LogP contribution is -2.25. The van der Waals surface area contributed by atoms with Crippen molar-refractivity contribution in [3.8, 4) is 0 Å². The minimum atomic E-state index is -0.544. The molecule has 1 atom stereocenters. The highest BCUT2D eigenvalue weighted by Gasteiger charge is 2.22. The Morgan fingerprint density at radius 1 is 1.14 bits per heavy atom. The molecule has 0 heterocycles. The minimum Gasteiger partial charge on any atom is -0.306 e. The fourth-order valence-electron chi connectivity index (χ4n) is 2.35. The third-order valence-electron chi connectivity index (χ3n) is 3.31. The lowest BCUT2D eigenvalue weighted by Gasteiger charge is -2.21. The summed E-state index contributed by atoms with van der Waals surface area (Å²) in [7, 11) is 0. The van der Waals surface area contributed by atoms with Crippen LogP contribution in [0, 0.1) is 18.6 Å². The van der Waals surface area contributed by atoms with Crippen LogP contribution in [0.25, 0.3) is 0 Å². The summed E-state index contributed by atoms with van der Waals surface area (Å²) in [4.78, 5) is 0. The molecular weight excluding hydrogens is 336 g/mol. The fourth-order valence-corrected chi connectivity index (χ4v) is 2.76. The van der Waals surface area contributed by atoms with Crippen molar-refractivity contribution in [2.75, 3.05) is 6.54 Å². The Morgan fingerprint density at radius 3 is 2.38 bits per heavy atom. The lowest BCUT2D eigenvalue weighted by atomic mass is 9.96. The number of rotatable bonds is 5. The van der Waals surface area contributed by atoms with Crippen LogP contribution in [0.2, 0.25) is 0 Å². The highest BCUT2D eigenvalue weighted by Crippen LogP contribution is 2.29. The van der Waals surface area contributed by atoms with Gasteiger partial charge in [-0.2, -0.15) is 0 Å². The molecule has 0 saturated heterocycles. The highest BCUT2D eigenvalue weighted by atomic mass is 79.9. The molecule has 112 valence electrons. The van der Waals surface area contributed by atoms with E-state index in [1.54, 1.807) is 0 Å². The minimum absolute atomic E-state index is 0.0669. The molecule has 2 aromatic rings. The van der Waals surface area contributed by atoms with Gasteiger partial charge in [-0.1, -0.05) is 52.7 Å². The topological polar surface area (TPSA) is 12.0 Å². The smallest absolute Gasteiger partial charge is 0.132 e. The molecule has 0 aromatic heterocycles. The number of aryl methyl sites for hydroxylation is 1. The fraction of sp³-hybridized carbons (Fsp3) is 0.294. The van der Waals surface area contributed by atoms with Crippen molar-refractivity contribution in [3.05, 3.63) is 69.2 Å². The first-order valence-corrected chi connectivity index (χ1v) is 7.76. The number of hydrogen-bond acceptors (Lipinski definition) is 1. The maximum absolute atomic E-state index is 14.3. The Kier molecular flexibility index (Phi) is 5.48. The van der Waals surface area contributed by atoms with Crippen molar-refractivity contribution in [1.29, 1.82) is 0 Å². The standard InChI is InChI=1S/C17H18BrF2N/c1-3-7-21-17(12-6-4-5-11(2)8-12)16-14(19)9-13(18)10-15(16)20/h4-6,8-10,17,21H,3,7H2,1-2H3. The van der Waals surface area contributed by atoms with Gasteiger partial charge >= 0.3 is 0 Å². The summed E-state index contributed by atoms with van der Waals surface area (Å²) in [5.74, 6) is -1.09. The van der Waals surface area contributed by atoms with E-state index >= 15 is 0 Å². The number of benzene rings is 2. The maximum atomic E-state index is 14.3. The third kappa shape index (κ3) is 3.89. The Bertz CT molecular complexity index is 605. The summed E-state index contributed by atoms with van der Waals surface area (Å²) in [6.07, 6.45) is 0.891. The van der Waals surface area contributed by atoms with Crippen molar-refractivity contribution in [3.63, 3.8) is 0 Å². The quantitative estimate of drug-likeness (QED) is 0.785. The molecule has 1 unspecified atom stereocenters. The molecule has 21 heavy (non-hydrogen) atoms. The van der Waals surface area contributed by atoms with Gasteiger partial charge in [0.2, 0.25) is 0 Å². The first-order valence-electron chi connectivity index (χ1n) is 6.97. The predicted octanol–water partition coefficient (Wildman–Crippen LogP) is 5.12. The molecule has 1 N–H and O–H groups in total. The van der Waals surface area contributed by atoms with E-state index in [4.69, 9.17) is 0 Å². The lowest BCUT2D eigenvalue weighted by molar-refractivity contribution is 0.502. The molecule has 0 amide bonds. The van der Waals surface area contributed by atoms with Crippen LogP contribution in [-0.4, -0.2) is 6.54 Å². The van der Waals surface area contributed by atoms with Crippen LogP contribution in [0.15, 0.2) is 40.9 Å². The normalized spacial score (nSPS) is 12.4. The van der Waals surface area contributed by atoms with Gasteiger partial charge in [-0.3, -0.25) is 0 Å². The van der Waals surface area contributed by atoms with Crippen LogP contribution in [0.4, 0.5) is 8.78 Å². The molecule has 0 aliphatic carbocycles. The van der Waals surface area contributed by atoms with Crippen LogP contribution < -0.4 is 5.32 Å². The van der Waals surface area contributed by atoms with Gasteiger partial charge in [-0.25, -0.2) is 8.78 Å². The van der Waals surface area contributed by atoms with Crippen LogP contribution in [0.3, 0.4) is 0 Å². The van der Waals surface area contributed by atoms with E-state index in [0.717, 1.165) is 17.5 Å². The van der Waals surface area contributed by atoms with E-state index in [1.807, 2.05) is 38.1 Å². The zero-order valence-electron chi connectivity index (χ0n) is 12.1. The largest absolute Gasteiger partial charge is 0.306 e. The van der Waals surface area contributed by atoms with E-state index in [0.29, 0.717) is 11.0 Å². The van der Waals surface area contributed by atoms with E-state index < -0.39 is 17.7 Å². The van der Waals surface area contributed by atoms with Gasteiger partial charge in [-0.05, 0) is 37.6 Å². The van der Waals surface area contributed by atoms with E-state index in [9.17, 15) is 8.78 Å². The predicted molar refractivity (Wildman–Crippen MR) is 85.4 cm³/mol. The molecule has 2 aromatic carbocycles. The molecule has 0 saturated carbocycles. The highest BCUT2D eigenvalue weighted by molar-refractivity contribution is 9.10. The van der Waals surface area contributed by atoms with E-state index in [1.165, 1.54) is 12.1 Å². The van der Waals surface area contributed by atoms with Gasteiger partial charge in [0, 0.05) is 10.0 Å². The van der Waals surface area contributed by atoms with Gasteiger partial charge < -0.3 is 5.32 Å². The molecule has 1 nitrogen and oxygen atoms in total. The zero-order valence-corrected chi connectivity index (χ0v) is 13.7. The van der Waals surface area contributed by atoms with Crippen molar-refractivity contribution in [2.24, 2.45) is 0 Å². The second kappa shape index (κ2) is 7.14. The van der Waals surface area contributed by atoms with Crippen LogP contribution in [0.5, 0.6) is 0 Å². The summed E-state index contributed by atoms with van der Waals surface area (Å²) in [5.41, 5.74) is 1.99. The summed E-state index contributed by atoms with van der Waals surface area (Å²) >= 11 is 3.12. The zero-order chi connectivity index (χ0) is 15.4. The maximum Gasteiger partial charge on any atom is 0.132 e. The first kappa shape index (κ1) is 16.1. The van der Waals surface area contributed by atoms with Crippen LogP contribution in [0.1, 0.15) is 36.1 Å². The molecular formula is C17H18BrF2N. The number of nitrogens with one attached hydrogen (secondary N) is 1. The second-order valence-corrected chi connectivity index (χ2v) is 6.00. The summed E-state index contributed by atoms with van der Waals surface area (Å²) in [5, 5.41) is 3.24. The van der Waals surface area contributed by atoms with Gasteiger partial charge in [0.25, 0.3) is 0 Å². The Balaban J connectivity index is 2.50. The van der Waals surface area contributed by atoms with Gasteiger partial charge in [0.15, 0.2) is 0 Å². The number of halogens is 3. The van der Waals surface area contributed by atoms with Crippen LogP contribution in [-0.2, 0) is 0 Å². The van der Waals surface area contributed by atoms with Gasteiger partial charge in [0.1, 0.15) is 11.6 Å². The van der Waals surface area contributed by atoms with Crippen LogP contribution >= 0.6 is 15.9 Å². The molecule has 0 aliphatic rings. The second-order valence-electron chi connectivity index (χ2n) is 5.08. The first-order chi connectivity index (χ1) is 10.0. The molecule has 4 heteroatoms. The van der Waals surface area contributed by atoms with Gasteiger partial charge in [-0.15, -0.1) is 0 Å². The van der Waals surface area contributed by atoms with Crippen molar-refractivity contribution in [1.82, 2.24) is 5.32 Å². The van der Waals surface area contributed by atoms with Gasteiger partial charge in [0.05, 0.1) is 6.04 Å². The molecule has 0 bridgehead atoms. The molecule has 0 spiro atoms. The SMILES string of the molecule is CCCNC(c1cccc(C)c1)c1c(F)cc(Br)cc1F. The van der Waals surface area contributed by atoms with Crippen molar-refractivity contribution < 1.29 is 8.78 Å². The summed E-state index contributed by atoms with van der Waals surface area (Å²) in [6.45, 7) is 4.68. The monoisotopic (exact) mass is 353 g/mol. The summed E-state index contributed by atoms with van der Waals surface area (Å²) < 4.78 is 28.9. The third-order valence-corrected chi connectivity index (χ3v) is 3.76. The summed E-state index contributed by atoms with van der Waals surface area (Å²) in [6, 6.07) is 9.83. The molecule has 0 aliphatic heterocycles. The van der Waals surface area contributed by atoms with Crippen molar-refractivity contribution in [2.45, 2.75) is 26.3 Å². The Morgan fingerprint density at radius 2 is 1.81 bits per heavy atom. The van der Waals surface area contributed by atoms with Crippen molar-refractivity contribution >= 4 is 15.9 Å². The molecule has 0 radical (unpaired) electrons. The Labute approximate surface area is 132 Å². The van der Waals surface area contributed by atoms with E-state index in [-0.39, 0.29) is 5.56 Å². The number of hydrogen-bond donors (Lipinski definition) is 1. The average Bonchev–Trinajstić information content (AvgIpc) is 2.41. The van der Waals surface area contributed by atoms with E-state index in [2.05, 4.69) is 21.2 Å².